The molecular formula is C21H28N4S2. The number of hydrogen-bond donors (Lipinski definition) is 1. The van der Waals surface area contributed by atoms with Crippen LogP contribution in [0.15, 0.2) is 12.1 Å². The first kappa shape index (κ1) is 20.1. The van der Waals surface area contributed by atoms with E-state index in [0.29, 0.717) is 0 Å². The summed E-state index contributed by atoms with van der Waals surface area (Å²) in [6.07, 6.45) is 2.18. The summed E-state index contributed by atoms with van der Waals surface area (Å²) in [5.41, 5.74) is 5.20. The molecule has 3 rings (SSSR count). The fraction of sp³-hybridized carbons (Fsp3) is 0.476. The molecule has 2 aromatic heterocycles. The Bertz CT molecular complexity index is 1120. The molecule has 0 aliphatic rings. The van der Waals surface area contributed by atoms with Crippen molar-refractivity contribution in [3.63, 3.8) is 0 Å². The molecule has 0 aliphatic carbocycles. The molecule has 6 heteroatoms. The molecule has 0 atom stereocenters. The van der Waals surface area contributed by atoms with Crippen LogP contribution in [-0.2, 0) is 12.5 Å². The molecule has 0 unspecified atom stereocenters. The number of thiol groups is 1. The van der Waals surface area contributed by atoms with Crippen LogP contribution >= 0.6 is 24.4 Å². The van der Waals surface area contributed by atoms with Crippen LogP contribution in [0, 0.1) is 12.3 Å². The molecule has 144 valence electrons. The van der Waals surface area contributed by atoms with Crippen LogP contribution in [0.2, 0.25) is 0 Å². The molecular weight excluding hydrogens is 372 g/mol. The van der Waals surface area contributed by atoms with Crippen molar-refractivity contribution in [3.05, 3.63) is 39.5 Å². The number of benzene rings is 1. The summed E-state index contributed by atoms with van der Waals surface area (Å²) >= 11 is 6.12. The van der Waals surface area contributed by atoms with E-state index in [4.69, 9.17) is 12.6 Å². The minimum atomic E-state index is -0.0560. The van der Waals surface area contributed by atoms with E-state index in [-0.39, 0.29) is 10.8 Å². The number of hydrogen-bond acceptors (Lipinski definition) is 5. The lowest BCUT2D eigenvalue weighted by atomic mass is 9.85. The Morgan fingerprint density at radius 1 is 1.07 bits per heavy atom. The second kappa shape index (κ2) is 6.74. The third kappa shape index (κ3) is 3.69. The lowest BCUT2D eigenvalue weighted by Crippen LogP contribution is -2.33. The summed E-state index contributed by atoms with van der Waals surface area (Å²) in [5.74, 6) is 0. The Hall–Kier alpha value is -1.66. The van der Waals surface area contributed by atoms with Crippen molar-refractivity contribution in [2.45, 2.75) is 53.9 Å². The van der Waals surface area contributed by atoms with Gasteiger partial charge >= 0.3 is 0 Å². The molecule has 27 heavy (non-hydrogen) atoms. The largest absolute Gasteiger partial charge is 0.267 e. The first-order chi connectivity index (χ1) is 12.4. The Balaban J connectivity index is 2.38. The predicted octanol–water partition coefficient (Wildman–Crippen LogP) is 3.94. The Labute approximate surface area is 170 Å². The average Bonchev–Trinajstić information content (AvgIpc) is 3.10. The fourth-order valence-electron chi connectivity index (χ4n) is 3.25. The van der Waals surface area contributed by atoms with Crippen LogP contribution in [0.5, 0.6) is 0 Å². The SMILES string of the molecule is Cc1nn(C)c(=C(/S)C(C)(C)C)/c1=C/c1ccc(C(C)(C)C)c2nsnc12. The van der Waals surface area contributed by atoms with Crippen molar-refractivity contribution in [1.29, 1.82) is 0 Å². The molecule has 0 radical (unpaired) electrons. The van der Waals surface area contributed by atoms with Crippen molar-refractivity contribution < 1.29 is 0 Å². The summed E-state index contributed by atoms with van der Waals surface area (Å²) < 4.78 is 11.1. The standard InChI is InChI=1S/C21H28N4S2/c1-12-14(18(25(8)22-12)19(26)21(5,6)7)11-13-9-10-15(20(2,3)4)17-16(13)23-27-24-17/h9-11,26H,1-8H3/b14-11+,19-18+. The van der Waals surface area contributed by atoms with Gasteiger partial charge in [0.2, 0.25) is 0 Å². The summed E-state index contributed by atoms with van der Waals surface area (Å²) in [5, 5.41) is 6.80. The maximum Gasteiger partial charge on any atom is 0.112 e. The fourth-order valence-corrected chi connectivity index (χ4v) is 4.09. The molecule has 0 amide bonds. The third-order valence-corrected chi connectivity index (χ3v) is 6.17. The molecule has 0 saturated heterocycles. The van der Waals surface area contributed by atoms with Crippen LogP contribution < -0.4 is 10.6 Å². The predicted molar refractivity (Wildman–Crippen MR) is 119 cm³/mol. The maximum absolute atomic E-state index is 4.84. The van der Waals surface area contributed by atoms with E-state index >= 15 is 0 Å². The Kier molecular flexibility index (Phi) is 5.02. The van der Waals surface area contributed by atoms with Gasteiger partial charge in [0, 0.05) is 22.7 Å². The van der Waals surface area contributed by atoms with Crippen LogP contribution in [-0.4, -0.2) is 18.5 Å². The van der Waals surface area contributed by atoms with Gasteiger partial charge < -0.3 is 0 Å². The second-order valence-corrected chi connectivity index (χ2v) is 10.1. The van der Waals surface area contributed by atoms with E-state index < -0.39 is 0 Å². The molecule has 0 saturated carbocycles. The van der Waals surface area contributed by atoms with Crippen molar-refractivity contribution in [3.8, 4) is 0 Å². The van der Waals surface area contributed by atoms with E-state index in [1.165, 1.54) is 17.3 Å². The molecule has 4 nitrogen and oxygen atoms in total. The van der Waals surface area contributed by atoms with Crippen molar-refractivity contribution >= 4 is 46.4 Å². The van der Waals surface area contributed by atoms with Gasteiger partial charge in [-0.15, -0.1) is 12.6 Å². The molecule has 0 N–H and O–H groups in total. The molecule has 0 bridgehead atoms. The lowest BCUT2D eigenvalue weighted by Gasteiger charge is -2.19. The highest BCUT2D eigenvalue weighted by Gasteiger charge is 2.21. The Morgan fingerprint density at radius 2 is 1.70 bits per heavy atom. The third-order valence-electron chi connectivity index (χ3n) is 4.76. The van der Waals surface area contributed by atoms with Crippen LogP contribution in [0.25, 0.3) is 22.0 Å². The van der Waals surface area contributed by atoms with E-state index in [1.807, 2.05) is 18.7 Å². The van der Waals surface area contributed by atoms with Gasteiger partial charge in [0.1, 0.15) is 11.0 Å². The average molecular weight is 401 g/mol. The van der Waals surface area contributed by atoms with E-state index in [1.54, 1.807) is 0 Å². The number of aromatic nitrogens is 4. The summed E-state index contributed by atoms with van der Waals surface area (Å²) in [6.45, 7) is 15.2. The molecule has 2 heterocycles. The van der Waals surface area contributed by atoms with Gasteiger partial charge in [-0.25, -0.2) is 0 Å². The number of nitrogens with zero attached hydrogens (tertiary/aromatic N) is 4. The zero-order valence-corrected chi connectivity index (χ0v) is 19.1. The van der Waals surface area contributed by atoms with Gasteiger partial charge in [0.25, 0.3) is 0 Å². The smallest absolute Gasteiger partial charge is 0.112 e. The number of rotatable bonds is 1. The quantitative estimate of drug-likeness (QED) is 0.629. The summed E-state index contributed by atoms with van der Waals surface area (Å²) in [6, 6.07) is 4.33. The number of fused-ring (bicyclic) bond motifs is 1. The van der Waals surface area contributed by atoms with Crippen molar-refractivity contribution in [1.82, 2.24) is 18.5 Å². The van der Waals surface area contributed by atoms with Gasteiger partial charge in [-0.3, -0.25) is 4.68 Å². The van der Waals surface area contributed by atoms with Gasteiger partial charge in [0.05, 0.1) is 22.8 Å². The highest BCUT2D eigenvalue weighted by atomic mass is 32.1. The molecule has 0 fully saturated rings. The molecule has 0 spiro atoms. The Morgan fingerprint density at radius 3 is 2.30 bits per heavy atom. The minimum absolute atomic E-state index is 0.0280. The van der Waals surface area contributed by atoms with Gasteiger partial charge in [0.15, 0.2) is 0 Å². The first-order valence-corrected chi connectivity index (χ1v) is 10.3. The van der Waals surface area contributed by atoms with Crippen LogP contribution in [0.3, 0.4) is 0 Å². The minimum Gasteiger partial charge on any atom is -0.267 e. The van der Waals surface area contributed by atoms with E-state index in [0.717, 1.165) is 37.8 Å². The molecule has 3 aromatic rings. The van der Waals surface area contributed by atoms with E-state index in [2.05, 4.69) is 73.6 Å². The highest BCUT2D eigenvalue weighted by molar-refractivity contribution is 7.90. The topological polar surface area (TPSA) is 43.6 Å². The van der Waals surface area contributed by atoms with Gasteiger partial charge in [-0.1, -0.05) is 53.7 Å². The summed E-state index contributed by atoms with van der Waals surface area (Å²) in [7, 11) is 1.98. The molecule has 0 aliphatic heterocycles. The van der Waals surface area contributed by atoms with Gasteiger partial charge in [-0.2, -0.15) is 13.8 Å². The van der Waals surface area contributed by atoms with Crippen LogP contribution in [0.1, 0.15) is 58.4 Å². The normalized spacial score (nSPS) is 14.9. The maximum atomic E-state index is 4.84. The second-order valence-electron chi connectivity index (χ2n) is 9.13. The number of aryl methyl sites for hydroxylation is 2. The zero-order valence-electron chi connectivity index (χ0n) is 17.4. The van der Waals surface area contributed by atoms with Crippen LogP contribution in [0.4, 0.5) is 0 Å². The van der Waals surface area contributed by atoms with Crippen molar-refractivity contribution in [2.75, 3.05) is 0 Å². The lowest BCUT2D eigenvalue weighted by molar-refractivity contribution is 0.571. The van der Waals surface area contributed by atoms with Gasteiger partial charge in [-0.05, 0) is 29.4 Å². The molecule has 1 aromatic carbocycles. The first-order valence-electron chi connectivity index (χ1n) is 9.12. The summed E-state index contributed by atoms with van der Waals surface area (Å²) in [4.78, 5) is 1.02. The monoisotopic (exact) mass is 400 g/mol. The van der Waals surface area contributed by atoms with Crippen molar-refractivity contribution in [2.24, 2.45) is 12.5 Å². The highest BCUT2D eigenvalue weighted by Crippen LogP contribution is 2.31. The van der Waals surface area contributed by atoms with E-state index in [9.17, 15) is 0 Å². The zero-order chi connectivity index (χ0) is 20.1.